The van der Waals surface area contributed by atoms with Crippen molar-refractivity contribution in [1.29, 1.82) is 0 Å². The highest BCUT2D eigenvalue weighted by Crippen LogP contribution is 2.19. The van der Waals surface area contributed by atoms with Crippen LogP contribution in [0.15, 0.2) is 11.6 Å². The summed E-state index contributed by atoms with van der Waals surface area (Å²) in [4.78, 5) is 22.7. The van der Waals surface area contributed by atoms with Crippen LogP contribution >= 0.6 is 0 Å². The minimum atomic E-state index is -0.0829. The first-order chi connectivity index (χ1) is 9.24. The summed E-state index contributed by atoms with van der Waals surface area (Å²) < 4.78 is 4.88. The Hall–Kier alpha value is -1.12. The van der Waals surface area contributed by atoms with Crippen molar-refractivity contribution in [1.82, 2.24) is 0 Å². The lowest BCUT2D eigenvalue weighted by Crippen LogP contribution is -2.06. The molecule has 0 radical (unpaired) electrons. The zero-order valence-electron chi connectivity index (χ0n) is 12.1. The first-order valence-corrected chi connectivity index (χ1v) is 7.62. The molecule has 0 saturated carbocycles. The van der Waals surface area contributed by atoms with Crippen molar-refractivity contribution in [3.05, 3.63) is 11.6 Å². The summed E-state index contributed by atoms with van der Waals surface area (Å²) in [5.74, 6) is 0.272. The van der Waals surface area contributed by atoms with Crippen LogP contribution in [0, 0.1) is 0 Å². The third-order valence-electron chi connectivity index (χ3n) is 3.49. The van der Waals surface area contributed by atoms with E-state index in [1.165, 1.54) is 0 Å². The van der Waals surface area contributed by atoms with Crippen molar-refractivity contribution in [3.63, 3.8) is 0 Å². The average Bonchev–Trinajstić information content (AvgIpc) is 2.40. The number of Topliss-reactive ketones (excluding diaryl/α,β-unsaturated/α-hetero) is 1. The average molecular weight is 266 g/mol. The fraction of sp³-hybridized carbons (Fsp3) is 0.750. The van der Waals surface area contributed by atoms with Gasteiger partial charge >= 0.3 is 5.97 Å². The molecule has 19 heavy (non-hydrogen) atoms. The number of ketones is 1. The topological polar surface area (TPSA) is 43.4 Å². The fourth-order valence-corrected chi connectivity index (χ4v) is 2.40. The van der Waals surface area contributed by atoms with Gasteiger partial charge in [-0.05, 0) is 44.6 Å². The van der Waals surface area contributed by atoms with Gasteiger partial charge in [0.2, 0.25) is 0 Å². The molecule has 1 aliphatic rings. The van der Waals surface area contributed by atoms with Gasteiger partial charge in [-0.1, -0.05) is 25.3 Å². The maximum absolute atomic E-state index is 11.6. The summed E-state index contributed by atoms with van der Waals surface area (Å²) in [6, 6.07) is 0. The number of hydrogen-bond acceptors (Lipinski definition) is 3. The molecule has 108 valence electrons. The Morgan fingerprint density at radius 3 is 2.68 bits per heavy atom. The van der Waals surface area contributed by atoms with Gasteiger partial charge in [-0.15, -0.1) is 0 Å². The molecule has 0 fully saturated rings. The van der Waals surface area contributed by atoms with Gasteiger partial charge in [-0.25, -0.2) is 0 Å². The summed E-state index contributed by atoms with van der Waals surface area (Å²) in [5, 5.41) is 0. The Labute approximate surface area is 116 Å². The number of carbonyl (C=O) groups is 2. The van der Waals surface area contributed by atoms with Crippen LogP contribution in [0.4, 0.5) is 0 Å². The second kappa shape index (κ2) is 9.76. The standard InChI is InChI=1S/C16H26O3/c1-2-19-16(18)13-7-5-3-4-6-10-14-11-8-9-12-15(14)17/h11H,2-10,12-13H2,1H3. The maximum atomic E-state index is 11.6. The third kappa shape index (κ3) is 7.14. The van der Waals surface area contributed by atoms with E-state index in [2.05, 4.69) is 6.08 Å². The highest BCUT2D eigenvalue weighted by Gasteiger charge is 2.12. The second-order valence-electron chi connectivity index (χ2n) is 5.12. The summed E-state index contributed by atoms with van der Waals surface area (Å²) in [5.41, 5.74) is 1.05. The van der Waals surface area contributed by atoms with E-state index in [9.17, 15) is 9.59 Å². The van der Waals surface area contributed by atoms with E-state index in [-0.39, 0.29) is 5.97 Å². The number of allylic oxidation sites excluding steroid dienone is 2. The molecule has 1 aliphatic carbocycles. The van der Waals surface area contributed by atoms with Crippen LogP contribution < -0.4 is 0 Å². The zero-order chi connectivity index (χ0) is 13.9. The van der Waals surface area contributed by atoms with Gasteiger partial charge in [-0.3, -0.25) is 9.59 Å². The summed E-state index contributed by atoms with van der Waals surface area (Å²) in [6.07, 6.45) is 11.8. The minimum Gasteiger partial charge on any atom is -0.466 e. The fourth-order valence-electron chi connectivity index (χ4n) is 2.40. The van der Waals surface area contributed by atoms with Gasteiger partial charge in [0.05, 0.1) is 6.61 Å². The Morgan fingerprint density at radius 1 is 1.21 bits per heavy atom. The van der Waals surface area contributed by atoms with E-state index in [0.717, 1.165) is 63.4 Å². The Kier molecular flexibility index (Phi) is 8.19. The van der Waals surface area contributed by atoms with E-state index in [4.69, 9.17) is 4.74 Å². The molecule has 0 saturated heterocycles. The molecule has 3 nitrogen and oxygen atoms in total. The number of esters is 1. The number of carbonyl (C=O) groups excluding carboxylic acids is 2. The van der Waals surface area contributed by atoms with Crippen LogP contribution in [-0.4, -0.2) is 18.4 Å². The smallest absolute Gasteiger partial charge is 0.305 e. The molecule has 1 rings (SSSR count). The van der Waals surface area contributed by atoms with Crippen LogP contribution in [0.3, 0.4) is 0 Å². The minimum absolute atomic E-state index is 0.0829. The van der Waals surface area contributed by atoms with E-state index < -0.39 is 0 Å². The zero-order valence-corrected chi connectivity index (χ0v) is 12.1. The number of unbranched alkanes of at least 4 members (excludes halogenated alkanes) is 4. The van der Waals surface area contributed by atoms with Crippen LogP contribution in [0.2, 0.25) is 0 Å². The predicted octanol–water partition coefficient (Wildman–Crippen LogP) is 3.96. The lowest BCUT2D eigenvalue weighted by atomic mass is 9.94. The Balaban J connectivity index is 1.95. The first kappa shape index (κ1) is 15.9. The number of rotatable bonds is 9. The van der Waals surface area contributed by atoms with Crippen molar-refractivity contribution in [2.75, 3.05) is 6.61 Å². The predicted molar refractivity (Wildman–Crippen MR) is 75.9 cm³/mol. The molecule has 0 aliphatic heterocycles. The molecule has 0 amide bonds. The normalized spacial score (nSPS) is 15.2. The van der Waals surface area contributed by atoms with Crippen LogP contribution in [0.5, 0.6) is 0 Å². The van der Waals surface area contributed by atoms with Crippen molar-refractivity contribution in [3.8, 4) is 0 Å². The largest absolute Gasteiger partial charge is 0.466 e. The molecule has 3 heteroatoms. The van der Waals surface area contributed by atoms with Crippen molar-refractivity contribution in [2.45, 2.75) is 71.1 Å². The monoisotopic (exact) mass is 266 g/mol. The van der Waals surface area contributed by atoms with E-state index in [0.29, 0.717) is 18.8 Å². The molecule has 0 heterocycles. The summed E-state index contributed by atoms with van der Waals surface area (Å²) in [6.45, 7) is 2.31. The SMILES string of the molecule is CCOC(=O)CCCCCCCC1=CCCCC1=O. The summed E-state index contributed by atoms with van der Waals surface area (Å²) >= 11 is 0. The highest BCUT2D eigenvalue weighted by atomic mass is 16.5. The third-order valence-corrected chi connectivity index (χ3v) is 3.49. The number of hydrogen-bond donors (Lipinski definition) is 0. The van der Waals surface area contributed by atoms with Crippen LogP contribution in [-0.2, 0) is 14.3 Å². The van der Waals surface area contributed by atoms with Gasteiger partial charge < -0.3 is 4.74 Å². The number of ether oxygens (including phenoxy) is 1. The second-order valence-corrected chi connectivity index (χ2v) is 5.12. The molecular weight excluding hydrogens is 240 g/mol. The van der Waals surface area contributed by atoms with Gasteiger partial charge in [0.1, 0.15) is 0 Å². The molecular formula is C16H26O3. The van der Waals surface area contributed by atoms with E-state index in [1.54, 1.807) is 0 Å². The molecule has 0 unspecified atom stereocenters. The van der Waals surface area contributed by atoms with Crippen molar-refractivity contribution >= 4 is 11.8 Å². The summed E-state index contributed by atoms with van der Waals surface area (Å²) in [7, 11) is 0. The molecule has 0 atom stereocenters. The van der Waals surface area contributed by atoms with Crippen molar-refractivity contribution in [2.24, 2.45) is 0 Å². The van der Waals surface area contributed by atoms with Crippen LogP contribution in [0.25, 0.3) is 0 Å². The lowest BCUT2D eigenvalue weighted by Gasteiger charge is -2.11. The highest BCUT2D eigenvalue weighted by molar-refractivity contribution is 5.95. The molecule has 0 aromatic carbocycles. The van der Waals surface area contributed by atoms with E-state index >= 15 is 0 Å². The van der Waals surface area contributed by atoms with Crippen LogP contribution in [0.1, 0.15) is 71.1 Å². The Bertz CT molecular complexity index is 318. The van der Waals surface area contributed by atoms with E-state index in [1.807, 2.05) is 6.92 Å². The van der Waals surface area contributed by atoms with Gasteiger partial charge in [0.25, 0.3) is 0 Å². The molecule has 0 spiro atoms. The molecule has 0 aromatic heterocycles. The van der Waals surface area contributed by atoms with Gasteiger partial charge in [-0.2, -0.15) is 0 Å². The van der Waals surface area contributed by atoms with Gasteiger partial charge in [0.15, 0.2) is 5.78 Å². The Morgan fingerprint density at radius 2 is 1.95 bits per heavy atom. The first-order valence-electron chi connectivity index (χ1n) is 7.62. The molecule has 0 bridgehead atoms. The quantitative estimate of drug-likeness (QED) is 0.468. The maximum Gasteiger partial charge on any atom is 0.305 e. The lowest BCUT2D eigenvalue weighted by molar-refractivity contribution is -0.143. The van der Waals surface area contributed by atoms with Gasteiger partial charge in [0, 0.05) is 12.8 Å². The molecule has 0 N–H and O–H groups in total. The molecule has 0 aromatic rings. The van der Waals surface area contributed by atoms with Crippen molar-refractivity contribution < 1.29 is 14.3 Å².